The molecule has 0 rings (SSSR count). The van der Waals surface area contributed by atoms with E-state index in [4.69, 9.17) is 14.9 Å². The number of nitrogens with one attached hydrogen (secondary N) is 2. The monoisotopic (exact) mass is 387 g/mol. The molecule has 0 aromatic carbocycles. The molecule has 13 heteroatoms. The van der Waals surface area contributed by atoms with E-state index in [1.165, 1.54) is 6.92 Å². The van der Waals surface area contributed by atoms with Crippen molar-refractivity contribution in [1.82, 2.24) is 10.6 Å². The van der Waals surface area contributed by atoms with Crippen LogP contribution in [0.25, 0.3) is 0 Å². The van der Waals surface area contributed by atoms with Crippen molar-refractivity contribution in [2.24, 2.45) is 4.13 Å². The number of carboxylic acids is 1. The van der Waals surface area contributed by atoms with Gasteiger partial charge in [0.1, 0.15) is 12.1 Å². The molecule has 0 heterocycles. The number of amides is 2. The topological polar surface area (TPSA) is 182 Å². The molecule has 0 aliphatic rings. The predicted molar refractivity (Wildman–Crippen MR) is 85.5 cm³/mol. The van der Waals surface area contributed by atoms with Crippen LogP contribution in [0.15, 0.2) is 4.13 Å². The van der Waals surface area contributed by atoms with Gasteiger partial charge in [-0.2, -0.15) is 0 Å². The number of hydrogen-bond donors (Lipinski definition) is 5. The first-order valence-electron chi connectivity index (χ1n) is 6.87. The van der Waals surface area contributed by atoms with Crippen LogP contribution in [0.5, 0.6) is 0 Å². The van der Waals surface area contributed by atoms with Crippen molar-refractivity contribution in [2.45, 2.75) is 38.8 Å². The summed E-state index contributed by atoms with van der Waals surface area (Å²) in [5, 5.41) is 13.6. The maximum atomic E-state index is 11.9. The molecule has 0 fully saturated rings. The molecule has 5 N–H and O–H groups in total. The number of aliphatic carboxylic acids is 1. The molecule has 2 unspecified atom stereocenters. The highest BCUT2D eigenvalue weighted by molar-refractivity contribution is 7.95. The minimum Gasteiger partial charge on any atom is -0.480 e. The first-order chi connectivity index (χ1) is 10.8. The molecular weight excluding hydrogens is 365 g/mol. The number of hydrogen-bond acceptors (Lipinski definition) is 5. The van der Waals surface area contributed by atoms with Crippen LogP contribution in [0.4, 0.5) is 0 Å². The van der Waals surface area contributed by atoms with Gasteiger partial charge in [0.05, 0.1) is 9.73 Å². The Morgan fingerprint density at radius 3 is 2.21 bits per heavy atom. The minimum absolute atomic E-state index is 0.155. The van der Waals surface area contributed by atoms with Gasteiger partial charge in [-0.05, 0) is 13.3 Å². The smallest absolute Gasteiger partial charge is 0.456 e. The van der Waals surface area contributed by atoms with Gasteiger partial charge in [-0.15, -0.1) is 4.13 Å². The van der Waals surface area contributed by atoms with Crippen molar-refractivity contribution >= 4 is 35.3 Å². The molecule has 0 aliphatic carbocycles. The minimum atomic E-state index is -4.87. The van der Waals surface area contributed by atoms with Crippen LogP contribution < -0.4 is 10.6 Å². The predicted octanol–water partition coefficient (Wildman–Crippen LogP) is -0.949. The average Bonchev–Trinajstić information content (AvgIpc) is 2.39. The number of rotatable bonds is 9. The molecule has 24 heavy (non-hydrogen) atoms. The van der Waals surface area contributed by atoms with Crippen molar-refractivity contribution < 1.29 is 38.1 Å². The van der Waals surface area contributed by atoms with E-state index < -0.39 is 47.2 Å². The fraction of sp³-hybridized carbons (Fsp3) is 0.727. The first kappa shape index (κ1) is 22.5. The normalized spacial score (nSPS) is 16.4. The lowest BCUT2D eigenvalue weighted by molar-refractivity contribution is -0.142. The summed E-state index contributed by atoms with van der Waals surface area (Å²) in [4.78, 5) is 51.6. The van der Waals surface area contributed by atoms with Gasteiger partial charge in [0.15, 0.2) is 0 Å². The summed E-state index contributed by atoms with van der Waals surface area (Å²) in [6.07, 6.45) is 0.785. The second-order valence-corrected chi connectivity index (χ2v) is 9.10. The Morgan fingerprint density at radius 2 is 1.79 bits per heavy atom. The van der Waals surface area contributed by atoms with Crippen LogP contribution in [-0.2, 0) is 28.7 Å². The van der Waals surface area contributed by atoms with Crippen molar-refractivity contribution in [2.75, 3.05) is 12.0 Å². The van der Waals surface area contributed by atoms with Gasteiger partial charge in [-0.3, -0.25) is 9.59 Å². The second-order valence-electron chi connectivity index (χ2n) is 5.09. The van der Waals surface area contributed by atoms with Crippen molar-refractivity contribution in [3.8, 4) is 0 Å². The molecule has 0 radical (unpaired) electrons. The Balaban J connectivity index is 4.90. The molecule has 0 aliphatic heterocycles. The van der Waals surface area contributed by atoms with Crippen LogP contribution in [0.1, 0.15) is 26.7 Å². The van der Waals surface area contributed by atoms with Gasteiger partial charge in [-0.1, -0.05) is 6.92 Å². The third kappa shape index (κ3) is 9.60. The van der Waals surface area contributed by atoms with Crippen molar-refractivity contribution in [3.63, 3.8) is 0 Å². The Labute approximate surface area is 139 Å². The Morgan fingerprint density at radius 1 is 1.25 bits per heavy atom. The molecular formula is C11H22N3O8PS. The Hall–Kier alpha value is -1.49. The molecule has 0 saturated heterocycles. The Kier molecular flexibility index (Phi) is 8.55. The third-order valence-electron chi connectivity index (χ3n) is 2.77. The summed E-state index contributed by atoms with van der Waals surface area (Å²) in [6, 6.07) is -2.41. The maximum Gasteiger partial charge on any atom is 0.456 e. The Bertz CT molecular complexity index is 652. The lowest BCUT2D eigenvalue weighted by Gasteiger charge is -2.18. The summed E-state index contributed by atoms with van der Waals surface area (Å²) in [5.74, 6) is -2.99. The summed E-state index contributed by atoms with van der Waals surface area (Å²) in [6.45, 7) is 2.95. The molecule has 0 aromatic heterocycles. The second kappa shape index (κ2) is 9.11. The fourth-order valence-electron chi connectivity index (χ4n) is 1.57. The summed E-state index contributed by atoms with van der Waals surface area (Å²) >= 11 is 0. The van der Waals surface area contributed by atoms with E-state index >= 15 is 0 Å². The standard InChI is InChI=1S/C11H22N3O8PS/c1-4-9(15)12-7(2)10(16)13-8(11(17)18)5-6-24(3,22)14-23(19,20)21/h7-8H,4-6H2,1-3H3,(H,12,15)(H,13,16)(H,17,18)(H2,19,20,21)/t7-,8?,24?/m0/s1. The molecule has 0 bridgehead atoms. The molecule has 3 atom stereocenters. The molecule has 0 spiro atoms. The largest absolute Gasteiger partial charge is 0.480 e. The highest BCUT2D eigenvalue weighted by atomic mass is 32.2. The quantitative estimate of drug-likeness (QED) is 0.314. The van der Waals surface area contributed by atoms with Crippen LogP contribution >= 0.6 is 7.75 Å². The zero-order valence-electron chi connectivity index (χ0n) is 13.5. The highest BCUT2D eigenvalue weighted by Crippen LogP contribution is 2.37. The van der Waals surface area contributed by atoms with Crippen LogP contribution in [-0.4, -0.2) is 61.0 Å². The van der Waals surface area contributed by atoms with Gasteiger partial charge in [0.2, 0.25) is 11.8 Å². The summed E-state index contributed by atoms with van der Waals surface area (Å²) < 4.78 is 25.5. The van der Waals surface area contributed by atoms with E-state index in [1.54, 1.807) is 6.92 Å². The van der Waals surface area contributed by atoms with E-state index in [0.29, 0.717) is 0 Å². The van der Waals surface area contributed by atoms with Gasteiger partial charge >= 0.3 is 13.7 Å². The maximum absolute atomic E-state index is 11.9. The highest BCUT2D eigenvalue weighted by Gasteiger charge is 2.25. The number of nitrogens with zero attached hydrogens (tertiary/aromatic N) is 1. The molecule has 140 valence electrons. The molecule has 2 amide bonds. The summed E-state index contributed by atoms with van der Waals surface area (Å²) in [7, 11) is -8.19. The van der Waals surface area contributed by atoms with Gasteiger partial charge < -0.3 is 25.5 Å². The van der Waals surface area contributed by atoms with Crippen molar-refractivity contribution in [1.29, 1.82) is 0 Å². The van der Waals surface area contributed by atoms with E-state index in [-0.39, 0.29) is 18.7 Å². The van der Waals surface area contributed by atoms with Gasteiger partial charge in [0, 0.05) is 18.4 Å². The lowest BCUT2D eigenvalue weighted by Crippen LogP contribution is -2.50. The van der Waals surface area contributed by atoms with E-state index in [9.17, 15) is 23.2 Å². The molecule has 0 aromatic rings. The molecule has 0 saturated carbocycles. The number of carbonyl (C=O) groups is 3. The van der Waals surface area contributed by atoms with Crippen LogP contribution in [0.3, 0.4) is 0 Å². The van der Waals surface area contributed by atoms with Gasteiger partial charge in [-0.25, -0.2) is 13.6 Å². The fourth-order valence-corrected chi connectivity index (χ4v) is 4.37. The average molecular weight is 387 g/mol. The number of carboxylic acid groups (broad SMARTS) is 1. The SMILES string of the molecule is CCC(=O)N[C@@H](C)C(=O)NC(CCS(C)(=O)=NP(=O)(O)O)C(=O)O. The molecule has 11 nitrogen and oxygen atoms in total. The van der Waals surface area contributed by atoms with Crippen LogP contribution in [0, 0.1) is 0 Å². The zero-order valence-corrected chi connectivity index (χ0v) is 15.2. The van der Waals surface area contributed by atoms with E-state index in [1.807, 2.05) is 0 Å². The third-order valence-corrected chi connectivity index (χ3v) is 6.00. The number of carbonyl (C=O) groups excluding carboxylic acids is 2. The summed E-state index contributed by atoms with van der Waals surface area (Å²) in [5.41, 5.74) is 0. The zero-order chi connectivity index (χ0) is 19.1. The van der Waals surface area contributed by atoms with Crippen molar-refractivity contribution in [3.05, 3.63) is 0 Å². The van der Waals surface area contributed by atoms with E-state index in [0.717, 1.165) is 6.26 Å². The van der Waals surface area contributed by atoms with Gasteiger partial charge in [0.25, 0.3) is 0 Å². The van der Waals surface area contributed by atoms with E-state index in [2.05, 4.69) is 14.8 Å². The first-order valence-corrected chi connectivity index (χ1v) is 10.5. The lowest BCUT2D eigenvalue weighted by atomic mass is 10.2. The van der Waals surface area contributed by atoms with Crippen LogP contribution in [0.2, 0.25) is 0 Å².